The van der Waals surface area contributed by atoms with Crippen LogP contribution in [0, 0.1) is 18.3 Å². The zero-order valence-electron chi connectivity index (χ0n) is 15.4. The lowest BCUT2D eigenvalue weighted by Crippen LogP contribution is -1.87. The van der Waals surface area contributed by atoms with Crippen molar-refractivity contribution >= 4 is 32.3 Å². The van der Waals surface area contributed by atoms with Gasteiger partial charge in [-0.1, -0.05) is 54.6 Å². The summed E-state index contributed by atoms with van der Waals surface area (Å²) in [6.45, 7) is 2.15. The molecule has 5 aromatic carbocycles. The van der Waals surface area contributed by atoms with E-state index < -0.39 is 0 Å². The standard InChI is InChI=1S/C26H17NO/c1-16-5-4-8-24-25-14-18(19-11-17(15-27)12-20(28)13-19)9-10-22(25)21-6-2-3-7-23(21)26(16)24/h2-14,28H,1H3. The Morgan fingerprint density at radius 1 is 0.679 bits per heavy atom. The maximum Gasteiger partial charge on any atom is 0.117 e. The molecule has 0 fully saturated rings. The van der Waals surface area contributed by atoms with Crippen LogP contribution >= 0.6 is 0 Å². The SMILES string of the molecule is Cc1cccc2c3cc(-c4cc(O)cc(C#N)c4)ccc3c3ccccc3c12. The second-order valence-corrected chi connectivity index (χ2v) is 7.18. The van der Waals surface area contributed by atoms with Crippen molar-refractivity contribution in [2.75, 3.05) is 0 Å². The largest absolute Gasteiger partial charge is 0.508 e. The Balaban J connectivity index is 1.92. The van der Waals surface area contributed by atoms with Crippen LogP contribution in [0.1, 0.15) is 11.1 Å². The van der Waals surface area contributed by atoms with E-state index in [1.165, 1.54) is 43.9 Å². The molecule has 0 radical (unpaired) electrons. The second-order valence-electron chi connectivity index (χ2n) is 7.18. The molecule has 0 amide bonds. The monoisotopic (exact) mass is 359 g/mol. The van der Waals surface area contributed by atoms with E-state index in [9.17, 15) is 10.4 Å². The number of nitriles is 1. The Hall–Kier alpha value is -3.83. The summed E-state index contributed by atoms with van der Waals surface area (Å²) in [5.74, 6) is 0.105. The summed E-state index contributed by atoms with van der Waals surface area (Å²) in [6, 6.07) is 28.4. The van der Waals surface area contributed by atoms with E-state index in [1.54, 1.807) is 6.07 Å². The third-order valence-electron chi connectivity index (χ3n) is 5.45. The first-order valence-corrected chi connectivity index (χ1v) is 9.24. The molecule has 2 heteroatoms. The van der Waals surface area contributed by atoms with Crippen LogP contribution in [0.2, 0.25) is 0 Å². The summed E-state index contributed by atoms with van der Waals surface area (Å²) >= 11 is 0. The first kappa shape index (κ1) is 16.4. The molecular weight excluding hydrogens is 342 g/mol. The molecular formula is C26H17NO. The number of phenolic OH excluding ortho intramolecular Hbond substituents is 1. The van der Waals surface area contributed by atoms with Gasteiger partial charge in [0.15, 0.2) is 0 Å². The van der Waals surface area contributed by atoms with Crippen LogP contribution in [-0.2, 0) is 0 Å². The van der Waals surface area contributed by atoms with Crippen molar-refractivity contribution in [2.24, 2.45) is 0 Å². The number of hydrogen-bond acceptors (Lipinski definition) is 2. The van der Waals surface area contributed by atoms with E-state index in [2.05, 4.69) is 73.7 Å². The van der Waals surface area contributed by atoms with Gasteiger partial charge >= 0.3 is 0 Å². The Morgan fingerprint density at radius 2 is 1.39 bits per heavy atom. The van der Waals surface area contributed by atoms with E-state index in [-0.39, 0.29) is 5.75 Å². The first-order chi connectivity index (χ1) is 13.7. The predicted molar refractivity (Wildman–Crippen MR) is 116 cm³/mol. The number of nitrogens with zero attached hydrogens (tertiary/aromatic N) is 1. The van der Waals surface area contributed by atoms with Gasteiger partial charge in [-0.15, -0.1) is 0 Å². The van der Waals surface area contributed by atoms with Crippen molar-refractivity contribution in [3.05, 3.63) is 90.0 Å². The quantitative estimate of drug-likeness (QED) is 0.338. The maximum atomic E-state index is 10.00. The molecule has 2 nitrogen and oxygen atoms in total. The zero-order valence-corrected chi connectivity index (χ0v) is 15.4. The summed E-state index contributed by atoms with van der Waals surface area (Å²) < 4.78 is 0. The zero-order chi connectivity index (χ0) is 19.3. The highest BCUT2D eigenvalue weighted by atomic mass is 16.3. The fourth-order valence-corrected chi connectivity index (χ4v) is 4.21. The lowest BCUT2D eigenvalue weighted by atomic mass is 9.90. The normalized spacial score (nSPS) is 11.1. The lowest BCUT2D eigenvalue weighted by Gasteiger charge is -2.14. The topological polar surface area (TPSA) is 44.0 Å². The third kappa shape index (κ3) is 2.41. The number of hydrogen-bond donors (Lipinski definition) is 1. The average molecular weight is 359 g/mol. The Kier molecular flexibility index (Phi) is 3.57. The van der Waals surface area contributed by atoms with E-state index >= 15 is 0 Å². The molecule has 5 rings (SSSR count). The molecule has 0 heterocycles. The Bertz CT molecular complexity index is 1440. The maximum absolute atomic E-state index is 10.00. The molecule has 0 spiro atoms. The first-order valence-electron chi connectivity index (χ1n) is 9.24. The molecule has 0 saturated carbocycles. The van der Waals surface area contributed by atoms with E-state index in [0.717, 1.165) is 11.1 Å². The summed E-state index contributed by atoms with van der Waals surface area (Å²) in [4.78, 5) is 0. The van der Waals surface area contributed by atoms with Gasteiger partial charge in [0, 0.05) is 0 Å². The molecule has 0 aromatic heterocycles. The minimum Gasteiger partial charge on any atom is -0.508 e. The molecule has 5 aromatic rings. The summed E-state index contributed by atoms with van der Waals surface area (Å²) in [5.41, 5.74) is 3.53. The van der Waals surface area contributed by atoms with Gasteiger partial charge in [0.25, 0.3) is 0 Å². The molecule has 0 unspecified atom stereocenters. The van der Waals surface area contributed by atoms with E-state index in [1.807, 2.05) is 6.07 Å². The van der Waals surface area contributed by atoms with Gasteiger partial charge in [0.2, 0.25) is 0 Å². The molecule has 0 aliphatic heterocycles. The highest BCUT2D eigenvalue weighted by Crippen LogP contribution is 2.38. The van der Waals surface area contributed by atoms with Crippen molar-refractivity contribution in [1.29, 1.82) is 5.26 Å². The number of aromatic hydroxyl groups is 1. The van der Waals surface area contributed by atoms with Crippen molar-refractivity contribution in [2.45, 2.75) is 6.92 Å². The van der Waals surface area contributed by atoms with Gasteiger partial charge in [-0.3, -0.25) is 0 Å². The fourth-order valence-electron chi connectivity index (χ4n) is 4.21. The van der Waals surface area contributed by atoms with Gasteiger partial charge in [0.05, 0.1) is 11.6 Å². The van der Waals surface area contributed by atoms with Gasteiger partial charge in [-0.05, 0) is 80.2 Å². The molecule has 0 aliphatic carbocycles. The lowest BCUT2D eigenvalue weighted by molar-refractivity contribution is 0.475. The molecule has 132 valence electrons. The van der Waals surface area contributed by atoms with Crippen LogP contribution in [0.5, 0.6) is 5.75 Å². The van der Waals surface area contributed by atoms with Crippen LogP contribution in [-0.4, -0.2) is 5.11 Å². The van der Waals surface area contributed by atoms with Crippen molar-refractivity contribution < 1.29 is 5.11 Å². The Morgan fingerprint density at radius 3 is 2.21 bits per heavy atom. The smallest absolute Gasteiger partial charge is 0.117 e. The van der Waals surface area contributed by atoms with Crippen molar-refractivity contribution in [1.82, 2.24) is 0 Å². The Labute approximate surface area is 162 Å². The minimum absolute atomic E-state index is 0.105. The van der Waals surface area contributed by atoms with Gasteiger partial charge in [-0.25, -0.2) is 0 Å². The van der Waals surface area contributed by atoms with Crippen LogP contribution < -0.4 is 0 Å². The number of phenols is 1. The molecule has 1 N–H and O–H groups in total. The molecule has 0 atom stereocenters. The van der Waals surface area contributed by atoms with Crippen LogP contribution in [0.25, 0.3) is 43.4 Å². The van der Waals surface area contributed by atoms with E-state index in [4.69, 9.17) is 0 Å². The summed E-state index contributed by atoms with van der Waals surface area (Å²) in [7, 11) is 0. The number of fused-ring (bicyclic) bond motifs is 6. The van der Waals surface area contributed by atoms with Crippen LogP contribution in [0.4, 0.5) is 0 Å². The van der Waals surface area contributed by atoms with Gasteiger partial charge < -0.3 is 5.11 Å². The minimum atomic E-state index is 0.105. The number of rotatable bonds is 1. The molecule has 0 aliphatic rings. The van der Waals surface area contributed by atoms with Crippen molar-refractivity contribution in [3.8, 4) is 22.9 Å². The third-order valence-corrected chi connectivity index (χ3v) is 5.45. The summed E-state index contributed by atoms with van der Waals surface area (Å²) in [5, 5.41) is 26.6. The van der Waals surface area contributed by atoms with Crippen LogP contribution in [0.15, 0.2) is 78.9 Å². The van der Waals surface area contributed by atoms with Gasteiger partial charge in [0.1, 0.15) is 5.75 Å². The predicted octanol–water partition coefficient (Wildman–Crippen LogP) is 6.70. The molecule has 0 saturated heterocycles. The highest BCUT2D eigenvalue weighted by Gasteiger charge is 2.11. The van der Waals surface area contributed by atoms with Crippen LogP contribution in [0.3, 0.4) is 0 Å². The second kappa shape index (κ2) is 6.11. The summed E-state index contributed by atoms with van der Waals surface area (Å²) in [6.07, 6.45) is 0. The van der Waals surface area contributed by atoms with Crippen molar-refractivity contribution in [3.63, 3.8) is 0 Å². The average Bonchev–Trinajstić information content (AvgIpc) is 2.73. The van der Waals surface area contributed by atoms with E-state index in [0.29, 0.717) is 5.56 Å². The number of aryl methyl sites for hydroxylation is 1. The molecule has 0 bridgehead atoms. The highest BCUT2D eigenvalue weighted by molar-refractivity contribution is 6.26. The van der Waals surface area contributed by atoms with Gasteiger partial charge in [-0.2, -0.15) is 5.26 Å². The molecule has 28 heavy (non-hydrogen) atoms. The number of benzene rings is 5. The fraction of sp³-hybridized carbons (Fsp3) is 0.0385.